The third kappa shape index (κ3) is 6.71. The van der Waals surface area contributed by atoms with E-state index in [0.29, 0.717) is 19.1 Å². The highest BCUT2D eigenvalue weighted by atomic mass is 16.5. The van der Waals surface area contributed by atoms with Gasteiger partial charge in [-0.3, -0.25) is 4.99 Å². The molecule has 0 aliphatic rings. The number of anilines is 1. The van der Waals surface area contributed by atoms with E-state index >= 15 is 0 Å². The summed E-state index contributed by atoms with van der Waals surface area (Å²) >= 11 is 0. The molecule has 0 aliphatic carbocycles. The lowest BCUT2D eigenvalue weighted by atomic mass is 10.1. The fourth-order valence-corrected chi connectivity index (χ4v) is 2.67. The first-order valence-electron chi connectivity index (χ1n) is 9.59. The number of nitrogens with zero attached hydrogens (tertiary/aromatic N) is 3. The molecule has 2 N–H and O–H groups in total. The fraction of sp³-hybridized carbons (Fsp3) is 0.524. The van der Waals surface area contributed by atoms with Gasteiger partial charge in [0.2, 0.25) is 0 Å². The van der Waals surface area contributed by atoms with Gasteiger partial charge in [0.1, 0.15) is 5.82 Å². The standard InChI is InChI=1S/C21H33N5O/c1-16(2)10-12-27-13-11-23-21(22-3)24-15-17-14-20(26(4)5)25-19-9-7-6-8-18(17)19/h6-9,14,16H,10-13,15H2,1-5H3,(H2,22,23,24). The van der Waals surface area contributed by atoms with Crippen molar-refractivity contribution in [1.29, 1.82) is 0 Å². The molecule has 2 rings (SSSR count). The van der Waals surface area contributed by atoms with Crippen LogP contribution in [0, 0.1) is 5.92 Å². The largest absolute Gasteiger partial charge is 0.380 e. The van der Waals surface area contributed by atoms with Crippen LogP contribution in [0.1, 0.15) is 25.8 Å². The Bertz CT molecular complexity index is 742. The molecule has 0 saturated carbocycles. The zero-order valence-electron chi connectivity index (χ0n) is 17.2. The highest BCUT2D eigenvalue weighted by Gasteiger charge is 2.08. The van der Waals surface area contributed by atoms with Gasteiger partial charge in [-0.15, -0.1) is 0 Å². The number of ether oxygens (including phenoxy) is 1. The van der Waals surface area contributed by atoms with Crippen LogP contribution in [0.2, 0.25) is 0 Å². The molecule has 0 unspecified atom stereocenters. The number of para-hydroxylation sites is 1. The average Bonchev–Trinajstić information content (AvgIpc) is 2.66. The molecule has 6 nitrogen and oxygen atoms in total. The van der Waals surface area contributed by atoms with Crippen molar-refractivity contribution < 1.29 is 4.74 Å². The topological polar surface area (TPSA) is 61.8 Å². The number of nitrogens with one attached hydrogen (secondary N) is 2. The van der Waals surface area contributed by atoms with Gasteiger partial charge in [0.25, 0.3) is 0 Å². The molecule has 1 aromatic heterocycles. The number of hydrogen-bond acceptors (Lipinski definition) is 4. The van der Waals surface area contributed by atoms with Crippen molar-refractivity contribution in [3.8, 4) is 0 Å². The second-order valence-corrected chi connectivity index (χ2v) is 7.20. The highest BCUT2D eigenvalue weighted by Crippen LogP contribution is 2.21. The molecule has 0 saturated heterocycles. The second kappa shape index (κ2) is 10.7. The Kier molecular flexibility index (Phi) is 8.33. The highest BCUT2D eigenvalue weighted by molar-refractivity contribution is 5.85. The fourth-order valence-electron chi connectivity index (χ4n) is 2.67. The zero-order valence-corrected chi connectivity index (χ0v) is 17.2. The third-order valence-electron chi connectivity index (χ3n) is 4.29. The van der Waals surface area contributed by atoms with E-state index in [1.54, 1.807) is 7.05 Å². The van der Waals surface area contributed by atoms with Crippen LogP contribution in [0.5, 0.6) is 0 Å². The van der Waals surface area contributed by atoms with Gasteiger partial charge >= 0.3 is 0 Å². The van der Waals surface area contributed by atoms with Gasteiger partial charge in [-0.25, -0.2) is 4.98 Å². The Morgan fingerprint density at radius 1 is 1.19 bits per heavy atom. The van der Waals surface area contributed by atoms with Crippen LogP contribution in [0.25, 0.3) is 10.9 Å². The molecule has 0 amide bonds. The van der Waals surface area contributed by atoms with E-state index in [4.69, 9.17) is 9.72 Å². The molecular weight excluding hydrogens is 338 g/mol. The molecule has 1 heterocycles. The first-order chi connectivity index (χ1) is 13.0. The second-order valence-electron chi connectivity index (χ2n) is 7.20. The molecule has 0 atom stereocenters. The first kappa shape index (κ1) is 21.0. The summed E-state index contributed by atoms with van der Waals surface area (Å²) in [4.78, 5) is 11.0. The molecule has 1 aromatic carbocycles. The SMILES string of the molecule is CN=C(NCCOCCC(C)C)NCc1cc(N(C)C)nc2ccccc12. The molecule has 27 heavy (non-hydrogen) atoms. The van der Waals surface area contributed by atoms with Crippen LogP contribution < -0.4 is 15.5 Å². The molecule has 148 valence electrons. The van der Waals surface area contributed by atoms with E-state index in [2.05, 4.69) is 41.6 Å². The Morgan fingerprint density at radius 3 is 2.67 bits per heavy atom. The summed E-state index contributed by atoms with van der Waals surface area (Å²) in [6.45, 7) is 7.31. The third-order valence-corrected chi connectivity index (χ3v) is 4.29. The first-order valence-corrected chi connectivity index (χ1v) is 9.59. The molecule has 2 aromatic rings. The molecule has 0 radical (unpaired) electrons. The number of aromatic nitrogens is 1. The number of benzene rings is 1. The quantitative estimate of drug-likeness (QED) is 0.403. The maximum absolute atomic E-state index is 5.64. The van der Waals surface area contributed by atoms with Crippen molar-refractivity contribution in [1.82, 2.24) is 15.6 Å². The van der Waals surface area contributed by atoms with Gasteiger partial charge in [0.05, 0.1) is 12.1 Å². The van der Waals surface area contributed by atoms with Gasteiger partial charge < -0.3 is 20.3 Å². The molecule has 0 fully saturated rings. The van der Waals surface area contributed by atoms with Gasteiger partial charge in [0.15, 0.2) is 5.96 Å². The summed E-state index contributed by atoms with van der Waals surface area (Å²) in [7, 11) is 5.80. The maximum atomic E-state index is 5.64. The summed E-state index contributed by atoms with van der Waals surface area (Å²) in [5, 5.41) is 7.85. The van der Waals surface area contributed by atoms with E-state index in [1.165, 1.54) is 5.56 Å². The van der Waals surface area contributed by atoms with Crippen molar-refractivity contribution in [2.75, 3.05) is 45.8 Å². The normalized spacial score (nSPS) is 11.9. The lowest BCUT2D eigenvalue weighted by molar-refractivity contribution is 0.128. The summed E-state index contributed by atoms with van der Waals surface area (Å²) in [5.41, 5.74) is 2.20. The number of fused-ring (bicyclic) bond motifs is 1. The Balaban J connectivity index is 1.92. The Morgan fingerprint density at radius 2 is 1.96 bits per heavy atom. The monoisotopic (exact) mass is 371 g/mol. The van der Waals surface area contributed by atoms with E-state index < -0.39 is 0 Å². The minimum atomic E-state index is 0.676. The van der Waals surface area contributed by atoms with Crippen LogP contribution >= 0.6 is 0 Å². The van der Waals surface area contributed by atoms with Crippen LogP contribution in [0.4, 0.5) is 5.82 Å². The van der Waals surface area contributed by atoms with E-state index in [-0.39, 0.29) is 0 Å². The predicted octanol–water partition coefficient (Wildman–Crippen LogP) is 3.03. The lowest BCUT2D eigenvalue weighted by Crippen LogP contribution is -2.38. The number of hydrogen-bond donors (Lipinski definition) is 2. The number of guanidine groups is 1. The van der Waals surface area contributed by atoms with Crippen LogP contribution in [0.3, 0.4) is 0 Å². The van der Waals surface area contributed by atoms with Gasteiger partial charge in [-0.2, -0.15) is 0 Å². The Hall–Kier alpha value is -2.34. The van der Waals surface area contributed by atoms with Gasteiger partial charge in [-0.05, 0) is 30.0 Å². The van der Waals surface area contributed by atoms with Gasteiger partial charge in [0, 0.05) is 46.2 Å². The Labute approximate surface area is 163 Å². The summed E-state index contributed by atoms with van der Waals surface area (Å²) in [6, 6.07) is 10.3. The molecule has 0 bridgehead atoms. The van der Waals surface area contributed by atoms with E-state index in [0.717, 1.165) is 42.3 Å². The minimum Gasteiger partial charge on any atom is -0.380 e. The maximum Gasteiger partial charge on any atom is 0.191 e. The van der Waals surface area contributed by atoms with E-state index in [9.17, 15) is 0 Å². The van der Waals surface area contributed by atoms with Gasteiger partial charge in [-0.1, -0.05) is 32.0 Å². The molecule has 0 aliphatic heterocycles. The zero-order chi connectivity index (χ0) is 19.6. The van der Waals surface area contributed by atoms with Crippen molar-refractivity contribution in [3.05, 3.63) is 35.9 Å². The summed E-state index contributed by atoms with van der Waals surface area (Å²) in [5.74, 6) is 2.40. The van der Waals surface area contributed by atoms with Crippen molar-refractivity contribution in [2.45, 2.75) is 26.8 Å². The minimum absolute atomic E-state index is 0.676. The number of aliphatic imine (C=N–C) groups is 1. The van der Waals surface area contributed by atoms with Crippen LogP contribution in [-0.2, 0) is 11.3 Å². The predicted molar refractivity (Wildman–Crippen MR) is 115 cm³/mol. The molecular formula is C21H33N5O. The number of rotatable bonds is 9. The number of pyridine rings is 1. The van der Waals surface area contributed by atoms with Crippen LogP contribution in [0.15, 0.2) is 35.3 Å². The molecule has 0 spiro atoms. The van der Waals surface area contributed by atoms with Crippen molar-refractivity contribution >= 4 is 22.7 Å². The smallest absolute Gasteiger partial charge is 0.191 e. The summed E-state index contributed by atoms with van der Waals surface area (Å²) in [6.07, 6.45) is 1.09. The van der Waals surface area contributed by atoms with Crippen molar-refractivity contribution in [2.24, 2.45) is 10.9 Å². The molecule has 6 heteroatoms. The summed E-state index contributed by atoms with van der Waals surface area (Å²) < 4.78 is 5.64. The lowest BCUT2D eigenvalue weighted by Gasteiger charge is -2.17. The average molecular weight is 372 g/mol. The van der Waals surface area contributed by atoms with Crippen molar-refractivity contribution in [3.63, 3.8) is 0 Å². The van der Waals surface area contributed by atoms with E-state index in [1.807, 2.05) is 37.2 Å². The van der Waals surface area contributed by atoms with Crippen LogP contribution in [-0.4, -0.2) is 51.8 Å².